The predicted octanol–water partition coefficient (Wildman–Crippen LogP) is 1.98. The topological polar surface area (TPSA) is 38.3 Å². The zero-order valence-electron chi connectivity index (χ0n) is 10.5. The van der Waals surface area contributed by atoms with Crippen molar-refractivity contribution in [1.82, 2.24) is 5.32 Å². The quantitative estimate of drug-likeness (QED) is 0.717. The molecule has 0 aromatic heterocycles. The first kappa shape index (κ1) is 15.4. The second-order valence-corrected chi connectivity index (χ2v) is 5.23. The minimum absolute atomic E-state index is 0.0448. The zero-order valence-corrected chi connectivity index (χ0v) is 12.2. The van der Waals surface area contributed by atoms with Gasteiger partial charge in [-0.05, 0) is 5.56 Å². The number of ether oxygens (including phenoxy) is 1. The van der Waals surface area contributed by atoms with Crippen molar-refractivity contribution in [2.24, 2.45) is 0 Å². The summed E-state index contributed by atoms with van der Waals surface area (Å²) in [5, 5.41) is 2.89. The van der Waals surface area contributed by atoms with Crippen molar-refractivity contribution in [2.45, 2.75) is 11.8 Å². The van der Waals surface area contributed by atoms with E-state index in [0.717, 1.165) is 11.5 Å². The Balaban J connectivity index is 2.31. The fraction of sp³-hybridized carbons (Fsp3) is 0.462. The van der Waals surface area contributed by atoms with E-state index < -0.39 is 0 Å². The van der Waals surface area contributed by atoms with Crippen LogP contribution in [0.2, 0.25) is 0 Å². The SMILES string of the molecule is COCC(CSCc1ccccc1)NC(=O)CS. The zero-order chi connectivity index (χ0) is 13.2. The van der Waals surface area contributed by atoms with E-state index in [2.05, 4.69) is 30.1 Å². The molecule has 100 valence electrons. The molecule has 1 amide bonds. The van der Waals surface area contributed by atoms with E-state index in [4.69, 9.17) is 4.74 Å². The highest BCUT2D eigenvalue weighted by Crippen LogP contribution is 2.12. The molecule has 0 aliphatic carbocycles. The van der Waals surface area contributed by atoms with Crippen LogP contribution in [0.25, 0.3) is 0 Å². The average Bonchev–Trinajstić information content (AvgIpc) is 2.40. The second-order valence-electron chi connectivity index (χ2n) is 3.88. The van der Waals surface area contributed by atoms with Crippen LogP contribution >= 0.6 is 24.4 Å². The summed E-state index contributed by atoms with van der Waals surface area (Å²) < 4.78 is 5.10. The van der Waals surface area contributed by atoms with Gasteiger partial charge in [-0.25, -0.2) is 0 Å². The number of amides is 1. The van der Waals surface area contributed by atoms with Gasteiger partial charge < -0.3 is 10.1 Å². The summed E-state index contributed by atoms with van der Waals surface area (Å²) in [6.45, 7) is 0.529. The molecule has 0 bridgehead atoms. The number of thiol groups is 1. The standard InChI is InChI=1S/C13H19NO2S2/c1-16-7-12(14-13(15)8-17)10-18-9-11-5-3-2-4-6-11/h2-6,12,17H,7-10H2,1H3,(H,14,15). The van der Waals surface area contributed by atoms with Crippen molar-refractivity contribution in [3.8, 4) is 0 Å². The van der Waals surface area contributed by atoms with Crippen molar-refractivity contribution < 1.29 is 9.53 Å². The van der Waals surface area contributed by atoms with Crippen LogP contribution < -0.4 is 5.32 Å². The van der Waals surface area contributed by atoms with E-state index in [9.17, 15) is 4.79 Å². The van der Waals surface area contributed by atoms with Crippen LogP contribution in [0, 0.1) is 0 Å². The Morgan fingerprint density at radius 3 is 2.78 bits per heavy atom. The first-order valence-electron chi connectivity index (χ1n) is 5.77. The van der Waals surface area contributed by atoms with E-state index in [1.54, 1.807) is 18.9 Å². The lowest BCUT2D eigenvalue weighted by Gasteiger charge is -2.17. The summed E-state index contributed by atoms with van der Waals surface area (Å²) >= 11 is 5.73. The van der Waals surface area contributed by atoms with Crippen molar-refractivity contribution >= 4 is 30.3 Å². The summed E-state index contributed by atoms with van der Waals surface area (Å²) in [5.74, 6) is 1.93. The molecule has 0 fully saturated rings. The Morgan fingerprint density at radius 1 is 1.44 bits per heavy atom. The molecule has 0 saturated heterocycles. The maximum atomic E-state index is 11.3. The number of carbonyl (C=O) groups excluding carboxylic acids is 1. The van der Waals surface area contributed by atoms with Gasteiger partial charge >= 0.3 is 0 Å². The molecule has 1 unspecified atom stereocenters. The maximum absolute atomic E-state index is 11.3. The third-order valence-corrected chi connectivity index (χ3v) is 3.77. The smallest absolute Gasteiger partial charge is 0.230 e. The summed E-state index contributed by atoms with van der Waals surface area (Å²) in [6, 6.07) is 10.3. The summed E-state index contributed by atoms with van der Waals surface area (Å²) in [6.07, 6.45) is 0. The Hall–Kier alpha value is -0.650. The molecule has 18 heavy (non-hydrogen) atoms. The molecule has 1 aromatic rings. The van der Waals surface area contributed by atoms with Crippen LogP contribution in [0.3, 0.4) is 0 Å². The Labute approximate surface area is 118 Å². The first-order chi connectivity index (χ1) is 8.76. The van der Waals surface area contributed by atoms with Crippen LogP contribution in [0.4, 0.5) is 0 Å². The third kappa shape index (κ3) is 6.33. The van der Waals surface area contributed by atoms with Gasteiger partial charge in [0.2, 0.25) is 5.91 Å². The second kappa shape index (κ2) is 9.30. The first-order valence-corrected chi connectivity index (χ1v) is 7.55. The predicted molar refractivity (Wildman–Crippen MR) is 80.3 cm³/mol. The summed E-state index contributed by atoms with van der Waals surface area (Å²) in [7, 11) is 1.64. The van der Waals surface area contributed by atoms with Gasteiger partial charge in [-0.2, -0.15) is 24.4 Å². The van der Waals surface area contributed by atoms with E-state index in [1.165, 1.54) is 5.56 Å². The van der Waals surface area contributed by atoms with E-state index >= 15 is 0 Å². The highest BCUT2D eigenvalue weighted by atomic mass is 32.2. The van der Waals surface area contributed by atoms with Crippen LogP contribution in [0.1, 0.15) is 5.56 Å². The summed E-state index contributed by atoms with van der Waals surface area (Å²) in [5.41, 5.74) is 1.29. The molecular formula is C13H19NO2S2. The van der Waals surface area contributed by atoms with Crippen LogP contribution in [-0.2, 0) is 15.3 Å². The summed E-state index contributed by atoms with van der Waals surface area (Å²) in [4.78, 5) is 11.3. The number of hydrogen-bond donors (Lipinski definition) is 2. The molecule has 0 heterocycles. The number of nitrogens with one attached hydrogen (secondary N) is 1. The van der Waals surface area contributed by atoms with E-state index in [1.807, 2.05) is 18.2 Å². The number of benzene rings is 1. The lowest BCUT2D eigenvalue weighted by atomic mass is 10.2. The van der Waals surface area contributed by atoms with Crippen molar-refractivity contribution in [2.75, 3.05) is 25.2 Å². The Bertz CT molecular complexity index is 346. The number of hydrogen-bond acceptors (Lipinski definition) is 4. The monoisotopic (exact) mass is 285 g/mol. The van der Waals surface area contributed by atoms with Crippen LogP contribution in [0.5, 0.6) is 0 Å². The fourth-order valence-corrected chi connectivity index (χ4v) is 2.60. The molecule has 0 aliphatic rings. The van der Waals surface area contributed by atoms with Crippen molar-refractivity contribution in [1.29, 1.82) is 0 Å². The van der Waals surface area contributed by atoms with Gasteiger partial charge in [0.15, 0.2) is 0 Å². The number of rotatable bonds is 8. The van der Waals surface area contributed by atoms with E-state index in [0.29, 0.717) is 6.61 Å². The molecule has 1 rings (SSSR count). The number of thioether (sulfide) groups is 1. The van der Waals surface area contributed by atoms with Crippen LogP contribution in [0.15, 0.2) is 30.3 Å². The van der Waals surface area contributed by atoms with Gasteiger partial charge in [-0.15, -0.1) is 0 Å². The molecule has 1 atom stereocenters. The molecule has 0 spiro atoms. The molecule has 0 saturated carbocycles. The van der Waals surface area contributed by atoms with E-state index in [-0.39, 0.29) is 17.7 Å². The largest absolute Gasteiger partial charge is 0.383 e. The van der Waals surface area contributed by atoms with Gasteiger partial charge in [0, 0.05) is 18.6 Å². The lowest BCUT2D eigenvalue weighted by molar-refractivity contribution is -0.119. The van der Waals surface area contributed by atoms with Crippen molar-refractivity contribution in [3.05, 3.63) is 35.9 Å². The molecule has 1 aromatic carbocycles. The molecule has 0 aliphatic heterocycles. The number of methoxy groups -OCH3 is 1. The molecule has 3 nitrogen and oxygen atoms in total. The van der Waals surface area contributed by atoms with Gasteiger partial charge in [-0.3, -0.25) is 4.79 Å². The number of carbonyl (C=O) groups is 1. The highest BCUT2D eigenvalue weighted by molar-refractivity contribution is 7.98. The minimum Gasteiger partial charge on any atom is -0.383 e. The Kier molecular flexibility index (Phi) is 7.96. The van der Waals surface area contributed by atoms with Crippen molar-refractivity contribution in [3.63, 3.8) is 0 Å². The third-order valence-electron chi connectivity index (χ3n) is 2.31. The molecule has 0 radical (unpaired) electrons. The fourth-order valence-electron chi connectivity index (χ4n) is 1.50. The molecule has 5 heteroatoms. The average molecular weight is 285 g/mol. The van der Waals surface area contributed by atoms with Gasteiger partial charge in [-0.1, -0.05) is 30.3 Å². The van der Waals surface area contributed by atoms with Crippen LogP contribution in [-0.4, -0.2) is 37.2 Å². The molecule has 1 N–H and O–H groups in total. The van der Waals surface area contributed by atoms with Gasteiger partial charge in [0.1, 0.15) is 0 Å². The molecular weight excluding hydrogens is 266 g/mol. The lowest BCUT2D eigenvalue weighted by Crippen LogP contribution is -2.40. The van der Waals surface area contributed by atoms with Gasteiger partial charge in [0.05, 0.1) is 18.4 Å². The highest BCUT2D eigenvalue weighted by Gasteiger charge is 2.11. The minimum atomic E-state index is -0.0549. The Morgan fingerprint density at radius 2 is 2.17 bits per heavy atom. The van der Waals surface area contributed by atoms with Gasteiger partial charge in [0.25, 0.3) is 0 Å². The normalized spacial score (nSPS) is 12.1. The maximum Gasteiger partial charge on any atom is 0.230 e.